The Balaban J connectivity index is 1.60. The topological polar surface area (TPSA) is 104 Å². The lowest BCUT2D eigenvalue weighted by molar-refractivity contribution is 0.514. The number of aromatic nitrogens is 5. The van der Waals surface area contributed by atoms with Crippen molar-refractivity contribution >= 4 is 62.5 Å². The van der Waals surface area contributed by atoms with Crippen LogP contribution in [0.4, 0.5) is 21.5 Å². The van der Waals surface area contributed by atoms with Gasteiger partial charge in [0.15, 0.2) is 0 Å². The van der Waals surface area contributed by atoms with Gasteiger partial charge in [-0.3, -0.25) is 4.98 Å². The maximum Gasteiger partial charge on any atom is 0.141 e. The second-order valence-electron chi connectivity index (χ2n) is 8.47. The van der Waals surface area contributed by atoms with E-state index in [1.165, 1.54) is 35.7 Å². The van der Waals surface area contributed by atoms with Gasteiger partial charge in [0.25, 0.3) is 0 Å². The third-order valence-electron chi connectivity index (χ3n) is 5.65. The Bertz CT molecular complexity index is 1630. The van der Waals surface area contributed by atoms with E-state index in [0.717, 1.165) is 5.69 Å². The van der Waals surface area contributed by atoms with Gasteiger partial charge in [-0.15, -0.1) is 16.4 Å². The zero-order valence-electron chi connectivity index (χ0n) is 19.6. The summed E-state index contributed by atoms with van der Waals surface area (Å²) >= 11 is 14.1. The summed E-state index contributed by atoms with van der Waals surface area (Å²) in [5.41, 5.74) is 5.65. The van der Waals surface area contributed by atoms with Crippen molar-refractivity contribution in [2.75, 3.05) is 10.6 Å². The first-order valence-corrected chi connectivity index (χ1v) is 12.8. The first-order valence-electron chi connectivity index (χ1n) is 11.1. The van der Waals surface area contributed by atoms with Gasteiger partial charge >= 0.3 is 0 Å². The van der Waals surface area contributed by atoms with Crippen molar-refractivity contribution in [2.45, 2.75) is 25.9 Å². The average molecular weight is 553 g/mol. The lowest BCUT2D eigenvalue weighted by Crippen LogP contribution is -2.13. The molecule has 0 unspecified atom stereocenters. The van der Waals surface area contributed by atoms with Crippen molar-refractivity contribution in [3.05, 3.63) is 86.4 Å². The van der Waals surface area contributed by atoms with Crippen molar-refractivity contribution in [1.29, 1.82) is 5.26 Å². The van der Waals surface area contributed by atoms with E-state index in [1.807, 2.05) is 31.5 Å². The van der Waals surface area contributed by atoms with Crippen LogP contribution in [0.3, 0.4) is 0 Å². The van der Waals surface area contributed by atoms with Gasteiger partial charge in [0.1, 0.15) is 23.6 Å². The number of hydrogen-bond acceptors (Lipinski definition) is 8. The molecule has 0 radical (unpaired) electrons. The van der Waals surface area contributed by atoms with E-state index >= 15 is 0 Å². The molecule has 12 heteroatoms. The molecule has 0 bridgehead atoms. The number of nitriles is 1. The summed E-state index contributed by atoms with van der Waals surface area (Å²) in [5.74, 6) is -0.538. The molecule has 0 amide bonds. The van der Waals surface area contributed by atoms with Gasteiger partial charge in [0.05, 0.1) is 44.2 Å². The predicted octanol–water partition coefficient (Wildman–Crippen LogP) is 7.13. The Kier molecular flexibility index (Phi) is 6.93. The fourth-order valence-corrected chi connectivity index (χ4v) is 4.81. The van der Waals surface area contributed by atoms with Crippen LogP contribution >= 0.6 is 34.5 Å². The van der Waals surface area contributed by atoms with Crippen LogP contribution in [0, 0.1) is 17.1 Å². The number of halogens is 3. The molecule has 37 heavy (non-hydrogen) atoms. The smallest absolute Gasteiger partial charge is 0.141 e. The Morgan fingerprint density at radius 1 is 1.08 bits per heavy atom. The van der Waals surface area contributed by atoms with Gasteiger partial charge in [-0.25, -0.2) is 14.1 Å². The molecule has 0 fully saturated rings. The fourth-order valence-electron chi connectivity index (χ4n) is 3.79. The van der Waals surface area contributed by atoms with Gasteiger partial charge in [-0.2, -0.15) is 5.26 Å². The van der Waals surface area contributed by atoms with Crippen molar-refractivity contribution in [2.24, 2.45) is 0 Å². The van der Waals surface area contributed by atoms with Crippen LogP contribution in [0.15, 0.2) is 53.6 Å². The second kappa shape index (κ2) is 10.3. The number of pyridine rings is 1. The van der Waals surface area contributed by atoms with Crippen molar-refractivity contribution in [3.8, 4) is 6.07 Å². The number of nitrogens with one attached hydrogen (secondary N) is 2. The number of benzene rings is 2. The lowest BCUT2D eigenvalue weighted by atomic mass is 10.1. The molecule has 5 aromatic rings. The summed E-state index contributed by atoms with van der Waals surface area (Å²) in [6, 6.07) is 9.74. The van der Waals surface area contributed by atoms with Gasteiger partial charge in [0.2, 0.25) is 0 Å². The van der Waals surface area contributed by atoms with Crippen LogP contribution in [0.25, 0.3) is 10.9 Å². The molecule has 0 saturated carbocycles. The maximum absolute atomic E-state index is 13.7. The molecule has 2 N–H and O–H groups in total. The van der Waals surface area contributed by atoms with Crippen molar-refractivity contribution in [1.82, 2.24) is 25.0 Å². The highest BCUT2D eigenvalue weighted by Crippen LogP contribution is 2.37. The van der Waals surface area contributed by atoms with Crippen LogP contribution in [0.2, 0.25) is 10.0 Å². The number of hydrogen-bond donors (Lipinski definition) is 2. The molecule has 0 aliphatic carbocycles. The van der Waals surface area contributed by atoms with Crippen molar-refractivity contribution < 1.29 is 4.39 Å². The minimum atomic E-state index is -0.538. The van der Waals surface area contributed by atoms with Crippen LogP contribution in [-0.2, 0) is 0 Å². The summed E-state index contributed by atoms with van der Waals surface area (Å²) in [7, 11) is 0. The van der Waals surface area contributed by atoms with E-state index in [1.54, 1.807) is 16.3 Å². The summed E-state index contributed by atoms with van der Waals surface area (Å²) in [5, 5.41) is 27.9. The molecule has 0 saturated heterocycles. The molecule has 0 aliphatic heterocycles. The normalized spacial score (nSPS) is 12.0. The lowest BCUT2D eigenvalue weighted by Gasteiger charge is -2.18. The molecular formula is C25H19Cl2FN8S. The molecule has 2 aromatic carbocycles. The van der Waals surface area contributed by atoms with E-state index in [0.29, 0.717) is 38.7 Å². The van der Waals surface area contributed by atoms with E-state index in [-0.39, 0.29) is 16.6 Å². The quantitative estimate of drug-likeness (QED) is 0.221. The van der Waals surface area contributed by atoms with Crippen LogP contribution < -0.4 is 10.6 Å². The number of nitrogens with zero attached hydrogens (tertiary/aromatic N) is 6. The minimum Gasteiger partial charge on any atom is -0.371 e. The number of fused-ring (bicyclic) bond motifs is 1. The van der Waals surface area contributed by atoms with E-state index in [9.17, 15) is 9.65 Å². The zero-order chi connectivity index (χ0) is 26.1. The first-order chi connectivity index (χ1) is 17.8. The van der Waals surface area contributed by atoms with Gasteiger partial charge in [-0.05, 0) is 44.2 Å². The van der Waals surface area contributed by atoms with Gasteiger partial charge in [0, 0.05) is 34.4 Å². The fraction of sp³-hybridized carbons (Fsp3) is 0.160. The highest BCUT2D eigenvalue weighted by atomic mass is 35.5. The minimum absolute atomic E-state index is 0.0391. The molecule has 0 spiro atoms. The first kappa shape index (κ1) is 24.9. The molecule has 3 heterocycles. The Morgan fingerprint density at radius 2 is 1.89 bits per heavy atom. The molecule has 5 rings (SSSR count). The molecule has 0 aliphatic rings. The van der Waals surface area contributed by atoms with E-state index < -0.39 is 11.9 Å². The molecule has 8 nitrogen and oxygen atoms in total. The molecule has 186 valence electrons. The average Bonchev–Trinajstić information content (AvgIpc) is 3.58. The Morgan fingerprint density at radius 3 is 2.57 bits per heavy atom. The molecule has 1 atom stereocenters. The monoisotopic (exact) mass is 552 g/mol. The zero-order valence-corrected chi connectivity index (χ0v) is 21.9. The standard InChI is InChI=1S/C25H19Cl2FN8S/c1-13(2)36-10-21(34-35-36)25(22-11-37-12-31-22)33-16-5-17-23(32-15-3-4-20(28)18(26)6-15)14(8-29)9-30-24(17)19(27)7-16/h3-7,9-13,25,33H,1-2H3,(H,30,32)/t25-/m0/s1. The summed E-state index contributed by atoms with van der Waals surface area (Å²) in [4.78, 5) is 8.87. The van der Waals surface area contributed by atoms with Crippen LogP contribution in [0.5, 0.6) is 0 Å². The number of thiazole rings is 1. The summed E-state index contributed by atoms with van der Waals surface area (Å²) < 4.78 is 15.5. The van der Waals surface area contributed by atoms with Gasteiger partial charge < -0.3 is 10.6 Å². The maximum atomic E-state index is 13.7. The Labute approximate surface area is 225 Å². The van der Waals surface area contributed by atoms with Crippen LogP contribution in [0.1, 0.15) is 42.9 Å². The Hall–Kier alpha value is -3.78. The highest BCUT2D eigenvalue weighted by molar-refractivity contribution is 7.07. The largest absolute Gasteiger partial charge is 0.371 e. The van der Waals surface area contributed by atoms with E-state index in [2.05, 4.69) is 37.0 Å². The molecular weight excluding hydrogens is 534 g/mol. The molecule has 3 aromatic heterocycles. The summed E-state index contributed by atoms with van der Waals surface area (Å²) in [6.45, 7) is 4.05. The highest BCUT2D eigenvalue weighted by Gasteiger charge is 2.22. The second-order valence-corrected chi connectivity index (χ2v) is 10.0. The third-order valence-corrected chi connectivity index (χ3v) is 6.83. The van der Waals surface area contributed by atoms with E-state index in [4.69, 9.17) is 23.2 Å². The predicted molar refractivity (Wildman–Crippen MR) is 144 cm³/mol. The SMILES string of the molecule is CC(C)n1cc([C@H](Nc2cc(Cl)c3ncc(C#N)c(Nc4ccc(F)c(Cl)c4)c3c2)c2cscn2)nn1. The number of anilines is 3. The third kappa shape index (κ3) is 5.06. The summed E-state index contributed by atoms with van der Waals surface area (Å²) in [6.07, 6.45) is 3.32. The van der Waals surface area contributed by atoms with Crippen molar-refractivity contribution in [3.63, 3.8) is 0 Å². The number of rotatable bonds is 7. The van der Waals surface area contributed by atoms with Gasteiger partial charge in [-0.1, -0.05) is 28.4 Å². The van der Waals surface area contributed by atoms with Crippen LogP contribution in [-0.4, -0.2) is 25.0 Å².